The van der Waals surface area contributed by atoms with Gasteiger partial charge in [-0.25, -0.2) is 0 Å². The minimum atomic E-state index is -1.16. The number of H-pyrrole nitrogens is 2. The lowest BCUT2D eigenvalue weighted by molar-refractivity contribution is -0.166. The van der Waals surface area contributed by atoms with Gasteiger partial charge in [-0.05, 0) is 49.6 Å². The van der Waals surface area contributed by atoms with Crippen LogP contribution >= 0.6 is 0 Å². The third-order valence-electron chi connectivity index (χ3n) is 9.04. The van der Waals surface area contributed by atoms with E-state index in [4.69, 9.17) is 9.47 Å². The van der Waals surface area contributed by atoms with Crippen LogP contribution in [0, 0.1) is 0 Å². The number of hydrogen-bond donors (Lipinski definition) is 2. The average Bonchev–Trinajstić information content (AvgIpc) is 3.61. The zero-order chi connectivity index (χ0) is 29.0. The van der Waals surface area contributed by atoms with E-state index in [9.17, 15) is 9.59 Å². The number of carbonyl (C=O) groups is 2. The third kappa shape index (κ3) is 3.81. The highest BCUT2D eigenvalue weighted by Gasteiger charge is 2.56. The Kier molecular flexibility index (Phi) is 6.22. The summed E-state index contributed by atoms with van der Waals surface area (Å²) >= 11 is 0. The minimum Gasteiger partial charge on any atom is -0.493 e. The third-order valence-corrected chi connectivity index (χ3v) is 9.04. The Hall–Kier alpha value is -4.72. The first-order valence-electron chi connectivity index (χ1n) is 14.5. The summed E-state index contributed by atoms with van der Waals surface area (Å²) in [7, 11) is 1.63. The van der Waals surface area contributed by atoms with Gasteiger partial charge in [0.25, 0.3) is 5.91 Å². The number of piperazine rings is 1. The molecule has 1 fully saturated rings. The van der Waals surface area contributed by atoms with Crippen molar-refractivity contribution in [2.45, 2.75) is 31.7 Å². The van der Waals surface area contributed by atoms with E-state index in [1.54, 1.807) is 16.9 Å². The maximum absolute atomic E-state index is 14.5. The number of ether oxygens (including phenoxy) is 2. The van der Waals surface area contributed by atoms with Gasteiger partial charge in [0.1, 0.15) is 0 Å². The first-order chi connectivity index (χ1) is 20.5. The molecule has 2 aromatic heterocycles. The van der Waals surface area contributed by atoms with Crippen LogP contribution in [0.2, 0.25) is 0 Å². The molecule has 0 aliphatic carbocycles. The molecule has 0 saturated carbocycles. The number of aromatic amines is 2. The quantitative estimate of drug-likeness (QED) is 0.281. The van der Waals surface area contributed by atoms with Crippen molar-refractivity contribution in [3.05, 3.63) is 95.3 Å². The topological polar surface area (TPSA) is 90.7 Å². The van der Waals surface area contributed by atoms with Gasteiger partial charge in [-0.3, -0.25) is 9.59 Å². The summed E-state index contributed by atoms with van der Waals surface area (Å²) in [6.45, 7) is 5.19. The second kappa shape index (κ2) is 9.98. The zero-order valence-electron chi connectivity index (χ0n) is 24.1. The predicted molar refractivity (Wildman–Crippen MR) is 162 cm³/mol. The molecule has 0 bridgehead atoms. The van der Waals surface area contributed by atoms with Gasteiger partial charge in [0.2, 0.25) is 5.91 Å². The summed E-state index contributed by atoms with van der Waals surface area (Å²) in [5, 5.41) is 2.18. The highest BCUT2D eigenvalue weighted by molar-refractivity contribution is 6.01. The summed E-state index contributed by atoms with van der Waals surface area (Å²) in [5.41, 5.74) is 4.70. The number of carbonyl (C=O) groups excluding carboxylic acids is 2. The van der Waals surface area contributed by atoms with Crippen LogP contribution in [-0.4, -0.2) is 64.9 Å². The summed E-state index contributed by atoms with van der Waals surface area (Å²) in [6.07, 6.45) is 2.66. The van der Waals surface area contributed by atoms with Crippen molar-refractivity contribution in [2.75, 3.05) is 33.4 Å². The zero-order valence-corrected chi connectivity index (χ0v) is 24.1. The molecule has 0 unspecified atom stereocenters. The van der Waals surface area contributed by atoms with Gasteiger partial charge in [0.05, 0.1) is 26.0 Å². The van der Waals surface area contributed by atoms with Crippen molar-refractivity contribution in [3.8, 4) is 11.5 Å². The Morgan fingerprint density at radius 2 is 1.74 bits per heavy atom. The molecule has 7 rings (SSSR count). The molecule has 1 saturated heterocycles. The summed E-state index contributed by atoms with van der Waals surface area (Å²) in [4.78, 5) is 38.8. The second-order valence-corrected chi connectivity index (χ2v) is 11.2. The molecule has 2 amide bonds. The van der Waals surface area contributed by atoms with Crippen LogP contribution in [0.1, 0.15) is 42.1 Å². The molecule has 214 valence electrons. The summed E-state index contributed by atoms with van der Waals surface area (Å²) in [5.74, 6) is 0.975. The van der Waals surface area contributed by atoms with Crippen molar-refractivity contribution in [3.63, 3.8) is 0 Å². The van der Waals surface area contributed by atoms with Crippen molar-refractivity contribution >= 4 is 33.6 Å². The van der Waals surface area contributed by atoms with Crippen molar-refractivity contribution in [1.82, 2.24) is 19.8 Å². The molecule has 2 aliphatic rings. The highest BCUT2D eigenvalue weighted by Crippen LogP contribution is 2.50. The molecule has 8 heteroatoms. The molecule has 2 atom stereocenters. The highest BCUT2D eigenvalue weighted by atomic mass is 16.5. The molecule has 4 heterocycles. The van der Waals surface area contributed by atoms with Crippen LogP contribution in [0.25, 0.3) is 21.8 Å². The van der Waals surface area contributed by atoms with E-state index in [0.29, 0.717) is 37.6 Å². The first kappa shape index (κ1) is 26.2. The Balaban J connectivity index is 1.32. The number of amides is 2. The van der Waals surface area contributed by atoms with Crippen molar-refractivity contribution < 1.29 is 19.1 Å². The number of fused-ring (bicyclic) bond motifs is 6. The molecule has 42 heavy (non-hydrogen) atoms. The molecule has 3 aromatic carbocycles. The Morgan fingerprint density at radius 1 is 0.976 bits per heavy atom. The number of benzene rings is 3. The van der Waals surface area contributed by atoms with Crippen LogP contribution in [0.15, 0.2) is 72.9 Å². The van der Waals surface area contributed by atoms with E-state index < -0.39 is 5.54 Å². The average molecular weight is 563 g/mol. The van der Waals surface area contributed by atoms with E-state index in [2.05, 4.69) is 22.1 Å². The fraction of sp³-hybridized carbons (Fsp3) is 0.294. The van der Waals surface area contributed by atoms with Gasteiger partial charge in [0, 0.05) is 52.6 Å². The minimum absolute atomic E-state index is 0.0511. The number of para-hydroxylation sites is 3. The van der Waals surface area contributed by atoms with E-state index in [-0.39, 0.29) is 24.3 Å². The smallest absolute Gasteiger partial charge is 0.254 e. The number of aromatic nitrogens is 2. The van der Waals surface area contributed by atoms with Gasteiger partial charge in [-0.1, -0.05) is 48.5 Å². The fourth-order valence-electron chi connectivity index (χ4n) is 7.00. The maximum atomic E-state index is 14.5. The predicted octanol–water partition coefficient (Wildman–Crippen LogP) is 5.33. The standard InChI is InChI=1S/C34H34N4O4/c1-4-42-31-23(12-9-15-28(31)41-3)25-19-38-29(39)20-37(17-16-21-18-35-26-13-7-5-10-22(21)26)33(40)34(38,2)32-30(25)24-11-6-8-14-27(24)36-32/h5-15,18,25,35-36H,4,16-17,19-20H2,1-3H3/t25-,34-/m0/s1. The van der Waals surface area contributed by atoms with Gasteiger partial charge < -0.3 is 29.2 Å². The lowest BCUT2D eigenvalue weighted by Crippen LogP contribution is -2.67. The Morgan fingerprint density at radius 3 is 2.52 bits per heavy atom. The molecule has 8 nitrogen and oxygen atoms in total. The number of methoxy groups -OCH3 is 1. The summed E-state index contributed by atoms with van der Waals surface area (Å²) in [6, 6.07) is 22.1. The van der Waals surface area contributed by atoms with Crippen LogP contribution < -0.4 is 9.47 Å². The van der Waals surface area contributed by atoms with Crippen LogP contribution in [-0.2, 0) is 21.5 Å². The largest absolute Gasteiger partial charge is 0.493 e. The number of hydrogen-bond acceptors (Lipinski definition) is 4. The number of nitrogens with one attached hydrogen (secondary N) is 2. The second-order valence-electron chi connectivity index (χ2n) is 11.2. The normalized spacial score (nSPS) is 20.2. The van der Waals surface area contributed by atoms with E-state index in [0.717, 1.165) is 44.2 Å². The molecule has 0 radical (unpaired) electrons. The lowest BCUT2D eigenvalue weighted by atomic mass is 9.76. The molecule has 0 spiro atoms. The summed E-state index contributed by atoms with van der Waals surface area (Å²) < 4.78 is 11.8. The number of rotatable bonds is 7. The molecular formula is C34H34N4O4. The monoisotopic (exact) mass is 562 g/mol. The molecule has 2 aliphatic heterocycles. The van der Waals surface area contributed by atoms with Crippen LogP contribution in [0.3, 0.4) is 0 Å². The Bertz CT molecular complexity index is 1840. The van der Waals surface area contributed by atoms with E-state index in [1.807, 2.05) is 74.6 Å². The van der Waals surface area contributed by atoms with Gasteiger partial charge >= 0.3 is 0 Å². The number of nitrogens with zero attached hydrogens (tertiary/aromatic N) is 2. The van der Waals surface area contributed by atoms with Crippen LogP contribution in [0.5, 0.6) is 11.5 Å². The van der Waals surface area contributed by atoms with Crippen LogP contribution in [0.4, 0.5) is 0 Å². The Labute approximate surface area is 244 Å². The van der Waals surface area contributed by atoms with Crippen molar-refractivity contribution in [2.24, 2.45) is 0 Å². The van der Waals surface area contributed by atoms with E-state index >= 15 is 0 Å². The van der Waals surface area contributed by atoms with Gasteiger partial charge in [0.15, 0.2) is 17.0 Å². The van der Waals surface area contributed by atoms with Gasteiger partial charge in [-0.15, -0.1) is 0 Å². The maximum Gasteiger partial charge on any atom is 0.254 e. The lowest BCUT2D eigenvalue weighted by Gasteiger charge is -2.51. The first-order valence-corrected chi connectivity index (χ1v) is 14.5. The van der Waals surface area contributed by atoms with Gasteiger partial charge in [-0.2, -0.15) is 0 Å². The molecule has 5 aromatic rings. The van der Waals surface area contributed by atoms with E-state index in [1.165, 1.54) is 0 Å². The van der Waals surface area contributed by atoms with Crippen molar-refractivity contribution in [1.29, 1.82) is 0 Å². The molecular weight excluding hydrogens is 528 g/mol. The molecule has 2 N–H and O–H groups in total. The SMILES string of the molecule is CCOc1c(OC)cccc1[C@@H]1CN2C(=O)CN(CCc3c[nH]c4ccccc34)C(=O)[C@]2(C)c2[nH]c3ccccc3c21. The fourth-order valence-corrected chi connectivity index (χ4v) is 7.00.